The second kappa shape index (κ2) is 7.78. The van der Waals surface area contributed by atoms with Crippen molar-refractivity contribution in [1.82, 2.24) is 20.3 Å². The van der Waals surface area contributed by atoms with Crippen LogP contribution in [0.1, 0.15) is 37.9 Å². The van der Waals surface area contributed by atoms with Crippen LogP contribution in [0.2, 0.25) is 0 Å². The maximum absolute atomic E-state index is 5.79. The summed E-state index contributed by atoms with van der Waals surface area (Å²) in [5.41, 5.74) is 2.25. The van der Waals surface area contributed by atoms with E-state index in [0.29, 0.717) is 19.1 Å². The smallest absolute Gasteiger partial charge is 0.119 e. The summed E-state index contributed by atoms with van der Waals surface area (Å²) in [5.74, 6) is 1.42. The molecule has 0 radical (unpaired) electrons. The van der Waals surface area contributed by atoms with Crippen LogP contribution in [-0.4, -0.2) is 28.1 Å². The summed E-state index contributed by atoms with van der Waals surface area (Å²) >= 11 is 0. The van der Waals surface area contributed by atoms with Gasteiger partial charge in [-0.1, -0.05) is 38.1 Å². The third kappa shape index (κ3) is 4.86. The van der Waals surface area contributed by atoms with Crippen molar-refractivity contribution in [3.8, 4) is 5.75 Å². The second-order valence-corrected chi connectivity index (χ2v) is 5.33. The molecule has 0 aliphatic rings. The van der Waals surface area contributed by atoms with Crippen LogP contribution in [0.4, 0.5) is 0 Å². The van der Waals surface area contributed by atoms with Gasteiger partial charge in [-0.25, -0.2) is 4.68 Å². The van der Waals surface area contributed by atoms with E-state index in [0.717, 1.165) is 24.5 Å². The van der Waals surface area contributed by atoms with Crippen molar-refractivity contribution < 1.29 is 4.74 Å². The monoisotopic (exact) mass is 288 g/mol. The van der Waals surface area contributed by atoms with E-state index < -0.39 is 0 Å². The van der Waals surface area contributed by atoms with Crippen molar-refractivity contribution >= 4 is 0 Å². The van der Waals surface area contributed by atoms with Crippen LogP contribution >= 0.6 is 0 Å². The van der Waals surface area contributed by atoms with Crippen LogP contribution in [-0.2, 0) is 13.1 Å². The highest BCUT2D eigenvalue weighted by Crippen LogP contribution is 2.19. The molecule has 2 rings (SSSR count). The summed E-state index contributed by atoms with van der Waals surface area (Å²) < 4.78 is 7.61. The molecular weight excluding hydrogens is 264 g/mol. The van der Waals surface area contributed by atoms with Crippen LogP contribution in [0.3, 0.4) is 0 Å². The van der Waals surface area contributed by atoms with Gasteiger partial charge < -0.3 is 10.1 Å². The van der Waals surface area contributed by atoms with Crippen LogP contribution in [0, 0.1) is 0 Å². The highest BCUT2D eigenvalue weighted by molar-refractivity contribution is 5.30. The summed E-state index contributed by atoms with van der Waals surface area (Å²) in [6.45, 7) is 9.41. The maximum Gasteiger partial charge on any atom is 0.119 e. The highest BCUT2D eigenvalue weighted by atomic mass is 16.5. The number of hydrogen-bond acceptors (Lipinski definition) is 4. The third-order valence-corrected chi connectivity index (χ3v) is 3.26. The minimum Gasteiger partial charge on any atom is -0.492 e. The van der Waals surface area contributed by atoms with Gasteiger partial charge in [0.25, 0.3) is 0 Å². The maximum atomic E-state index is 5.79. The summed E-state index contributed by atoms with van der Waals surface area (Å²) in [6.07, 6.45) is 1.95. The van der Waals surface area contributed by atoms with E-state index in [-0.39, 0.29) is 0 Å². The first kappa shape index (κ1) is 15.5. The van der Waals surface area contributed by atoms with E-state index in [9.17, 15) is 0 Å². The van der Waals surface area contributed by atoms with Crippen LogP contribution in [0.5, 0.6) is 5.75 Å². The van der Waals surface area contributed by atoms with Crippen LogP contribution in [0.25, 0.3) is 0 Å². The average Bonchev–Trinajstić information content (AvgIpc) is 2.93. The molecule has 0 aliphatic carbocycles. The molecule has 0 fully saturated rings. The average molecular weight is 288 g/mol. The van der Waals surface area contributed by atoms with E-state index in [1.807, 2.05) is 23.0 Å². The lowest BCUT2D eigenvalue weighted by Gasteiger charge is -2.09. The second-order valence-electron chi connectivity index (χ2n) is 5.33. The Balaban J connectivity index is 1.81. The molecule has 0 aliphatic heterocycles. The molecule has 2 aromatic rings. The molecule has 5 heteroatoms. The summed E-state index contributed by atoms with van der Waals surface area (Å²) in [5, 5.41) is 11.4. The van der Waals surface area contributed by atoms with Crippen molar-refractivity contribution in [3.05, 3.63) is 41.7 Å². The van der Waals surface area contributed by atoms with Gasteiger partial charge in [-0.2, -0.15) is 0 Å². The van der Waals surface area contributed by atoms with Gasteiger partial charge in [0, 0.05) is 12.7 Å². The summed E-state index contributed by atoms with van der Waals surface area (Å²) in [6, 6.07) is 8.25. The number of aromatic nitrogens is 3. The molecule has 5 nitrogen and oxygen atoms in total. The fraction of sp³-hybridized carbons (Fsp3) is 0.500. The molecule has 1 aromatic carbocycles. The van der Waals surface area contributed by atoms with E-state index in [1.165, 1.54) is 5.56 Å². The predicted octanol–water partition coefficient (Wildman–Crippen LogP) is 2.59. The van der Waals surface area contributed by atoms with Crippen molar-refractivity contribution in [2.24, 2.45) is 0 Å². The topological polar surface area (TPSA) is 52.0 Å². The molecule has 0 bridgehead atoms. The van der Waals surface area contributed by atoms with Crippen molar-refractivity contribution in [2.45, 2.75) is 39.8 Å². The number of benzene rings is 1. The zero-order chi connectivity index (χ0) is 15.1. The van der Waals surface area contributed by atoms with Gasteiger partial charge in [-0.15, -0.1) is 5.10 Å². The van der Waals surface area contributed by atoms with E-state index in [2.05, 4.69) is 48.5 Å². The zero-order valence-corrected chi connectivity index (χ0v) is 13.0. The van der Waals surface area contributed by atoms with Gasteiger partial charge in [0.15, 0.2) is 0 Å². The lowest BCUT2D eigenvalue weighted by atomic mass is 10.0. The molecule has 0 atom stereocenters. The summed E-state index contributed by atoms with van der Waals surface area (Å²) in [7, 11) is 0. The van der Waals surface area contributed by atoms with Gasteiger partial charge in [0.1, 0.15) is 12.4 Å². The zero-order valence-electron chi connectivity index (χ0n) is 13.0. The number of ether oxygens (including phenoxy) is 1. The fourth-order valence-electron chi connectivity index (χ4n) is 2.00. The first-order valence-electron chi connectivity index (χ1n) is 7.51. The van der Waals surface area contributed by atoms with Gasteiger partial charge >= 0.3 is 0 Å². The molecule has 114 valence electrons. The minimum absolute atomic E-state index is 0.512. The largest absolute Gasteiger partial charge is 0.492 e. The standard InChI is InChI=1S/C16H24N4O/c1-4-17-11-15-12-20(19-18-15)8-9-21-16-7-5-6-14(10-16)13(2)3/h5-7,10,12-13,17H,4,8-9,11H2,1-3H3. The molecule has 21 heavy (non-hydrogen) atoms. The number of hydrogen-bond donors (Lipinski definition) is 1. The number of nitrogens with zero attached hydrogens (tertiary/aromatic N) is 3. The lowest BCUT2D eigenvalue weighted by molar-refractivity contribution is 0.289. The Morgan fingerprint density at radius 1 is 1.33 bits per heavy atom. The summed E-state index contributed by atoms with van der Waals surface area (Å²) in [4.78, 5) is 0. The molecule has 1 N–H and O–H groups in total. The minimum atomic E-state index is 0.512. The van der Waals surface area contributed by atoms with Gasteiger partial charge in [-0.05, 0) is 30.2 Å². The molecule has 0 unspecified atom stereocenters. The van der Waals surface area contributed by atoms with Crippen molar-refractivity contribution in [1.29, 1.82) is 0 Å². The molecule has 0 spiro atoms. The normalized spacial score (nSPS) is 11.0. The molecule has 1 heterocycles. The van der Waals surface area contributed by atoms with Crippen LogP contribution in [0.15, 0.2) is 30.5 Å². The number of rotatable bonds is 8. The van der Waals surface area contributed by atoms with Gasteiger partial charge in [0.05, 0.1) is 12.2 Å². The first-order chi connectivity index (χ1) is 10.2. The molecule has 0 saturated carbocycles. The Morgan fingerprint density at radius 3 is 2.95 bits per heavy atom. The van der Waals surface area contributed by atoms with Crippen molar-refractivity contribution in [2.75, 3.05) is 13.2 Å². The van der Waals surface area contributed by atoms with Gasteiger partial charge in [0.2, 0.25) is 0 Å². The third-order valence-electron chi connectivity index (χ3n) is 3.26. The Kier molecular flexibility index (Phi) is 5.75. The number of nitrogens with one attached hydrogen (secondary N) is 1. The Morgan fingerprint density at radius 2 is 2.19 bits per heavy atom. The first-order valence-corrected chi connectivity index (χ1v) is 7.51. The molecule has 1 aromatic heterocycles. The SMILES string of the molecule is CCNCc1cn(CCOc2cccc(C(C)C)c2)nn1. The van der Waals surface area contributed by atoms with E-state index in [1.54, 1.807) is 0 Å². The quantitative estimate of drug-likeness (QED) is 0.811. The predicted molar refractivity (Wildman–Crippen MR) is 83.4 cm³/mol. The van der Waals surface area contributed by atoms with Crippen LogP contribution < -0.4 is 10.1 Å². The Hall–Kier alpha value is -1.88. The lowest BCUT2D eigenvalue weighted by Crippen LogP contribution is -2.12. The van der Waals surface area contributed by atoms with Gasteiger partial charge in [-0.3, -0.25) is 0 Å². The molecule has 0 saturated heterocycles. The van der Waals surface area contributed by atoms with E-state index in [4.69, 9.17) is 4.74 Å². The Bertz CT molecular complexity index is 551. The fourth-order valence-corrected chi connectivity index (χ4v) is 2.00. The van der Waals surface area contributed by atoms with E-state index >= 15 is 0 Å². The molecule has 0 amide bonds. The molecular formula is C16H24N4O. The van der Waals surface area contributed by atoms with Crippen molar-refractivity contribution in [3.63, 3.8) is 0 Å². The highest BCUT2D eigenvalue weighted by Gasteiger charge is 2.02. The Labute approximate surface area is 126 Å².